The van der Waals surface area contributed by atoms with Gasteiger partial charge in [-0.1, -0.05) is 0 Å². The number of aliphatic hydroxyl groups excluding tert-OH is 1. The van der Waals surface area contributed by atoms with E-state index in [2.05, 4.69) is 5.32 Å². The Morgan fingerprint density at radius 2 is 1.68 bits per heavy atom. The van der Waals surface area contributed by atoms with Crippen molar-refractivity contribution >= 4 is 29.3 Å². The molecule has 2 fully saturated rings. The summed E-state index contributed by atoms with van der Waals surface area (Å²) in [6.45, 7) is 1.17. The van der Waals surface area contributed by atoms with Crippen molar-refractivity contribution in [2.75, 3.05) is 24.6 Å². The zero-order valence-corrected chi connectivity index (χ0v) is 15.1. The third-order valence-corrected chi connectivity index (χ3v) is 5.72. The fourth-order valence-corrected chi connectivity index (χ4v) is 4.08. The van der Waals surface area contributed by atoms with Crippen LogP contribution in [0.3, 0.4) is 0 Å². The van der Waals surface area contributed by atoms with Crippen LogP contribution in [0, 0.1) is 11.7 Å². The quantitative estimate of drug-likeness (QED) is 0.727. The van der Waals surface area contributed by atoms with Gasteiger partial charge in [0.15, 0.2) is 0 Å². The lowest BCUT2D eigenvalue weighted by atomic mass is 9.97. The maximum Gasteiger partial charge on any atom is 0.262 e. The van der Waals surface area contributed by atoms with Crippen molar-refractivity contribution < 1.29 is 28.7 Å². The predicted octanol–water partition coefficient (Wildman–Crippen LogP) is 0.436. The molecule has 28 heavy (non-hydrogen) atoms. The number of carbonyl (C=O) groups excluding carboxylic acids is 4. The number of hydrogen-bond acceptors (Lipinski definition) is 6. The molecule has 1 aromatic carbocycles. The van der Waals surface area contributed by atoms with E-state index in [1.807, 2.05) is 0 Å². The number of hydrogen-bond donors (Lipinski definition) is 2. The van der Waals surface area contributed by atoms with Gasteiger partial charge in [-0.05, 0) is 37.3 Å². The van der Waals surface area contributed by atoms with Crippen molar-refractivity contribution in [3.63, 3.8) is 0 Å². The third-order valence-electron chi connectivity index (χ3n) is 5.72. The Labute approximate surface area is 160 Å². The standard InChI is InChI=1S/C19H20FN3O5/c20-13-7-11-12(8-15(13)22-5-3-10(9-24)4-6-22)19(28)23(18(11)27)14-1-2-16(25)21-17(14)26/h7-8,10,14,24H,1-6,9H2,(H,21,25,26). The van der Waals surface area contributed by atoms with Gasteiger partial charge in [0.1, 0.15) is 11.9 Å². The number of anilines is 1. The molecule has 0 spiro atoms. The first kappa shape index (κ1) is 18.5. The van der Waals surface area contributed by atoms with Gasteiger partial charge in [0.25, 0.3) is 11.8 Å². The van der Waals surface area contributed by atoms with E-state index in [-0.39, 0.29) is 42.2 Å². The summed E-state index contributed by atoms with van der Waals surface area (Å²) in [5.41, 5.74) is 0.234. The van der Waals surface area contributed by atoms with Crippen molar-refractivity contribution in [3.8, 4) is 0 Å². The normalized spacial score (nSPS) is 23.3. The molecule has 4 rings (SSSR count). The molecule has 0 aliphatic carbocycles. The number of aliphatic hydroxyl groups is 1. The summed E-state index contributed by atoms with van der Waals surface area (Å²) in [5.74, 6) is -2.94. The molecule has 3 heterocycles. The molecule has 3 aliphatic heterocycles. The van der Waals surface area contributed by atoms with Crippen LogP contribution in [0.2, 0.25) is 0 Å². The zero-order valence-electron chi connectivity index (χ0n) is 15.1. The molecule has 1 atom stereocenters. The summed E-state index contributed by atoms with van der Waals surface area (Å²) in [6, 6.07) is 1.35. The molecule has 0 radical (unpaired) electrons. The Balaban J connectivity index is 1.62. The number of amides is 4. The van der Waals surface area contributed by atoms with Crippen LogP contribution in [-0.4, -0.2) is 59.4 Å². The molecule has 0 aromatic heterocycles. The second kappa shape index (κ2) is 6.97. The lowest BCUT2D eigenvalue weighted by Crippen LogP contribution is -2.54. The topological polar surface area (TPSA) is 107 Å². The van der Waals surface area contributed by atoms with E-state index >= 15 is 0 Å². The van der Waals surface area contributed by atoms with Gasteiger partial charge < -0.3 is 10.0 Å². The Morgan fingerprint density at radius 3 is 2.29 bits per heavy atom. The molecule has 2 saturated heterocycles. The maximum absolute atomic E-state index is 14.7. The summed E-state index contributed by atoms with van der Waals surface area (Å²) in [6.07, 6.45) is 1.51. The minimum atomic E-state index is -1.07. The SMILES string of the molecule is O=C1CCC(N2C(=O)c3cc(F)c(N4CCC(CO)CC4)cc3C2=O)C(=O)N1. The minimum Gasteiger partial charge on any atom is -0.396 e. The van der Waals surface area contributed by atoms with Gasteiger partial charge in [0.05, 0.1) is 16.8 Å². The fourth-order valence-electron chi connectivity index (χ4n) is 4.08. The number of piperidine rings is 2. The van der Waals surface area contributed by atoms with Crippen LogP contribution in [0.5, 0.6) is 0 Å². The zero-order chi connectivity index (χ0) is 20.0. The molecular weight excluding hydrogens is 369 g/mol. The van der Waals surface area contributed by atoms with Crippen molar-refractivity contribution in [1.82, 2.24) is 10.2 Å². The lowest BCUT2D eigenvalue weighted by Gasteiger charge is -2.33. The summed E-state index contributed by atoms with van der Waals surface area (Å²) in [5, 5.41) is 11.4. The van der Waals surface area contributed by atoms with Gasteiger partial charge in [-0.3, -0.25) is 29.4 Å². The number of rotatable bonds is 3. The number of halogens is 1. The van der Waals surface area contributed by atoms with E-state index < -0.39 is 35.5 Å². The van der Waals surface area contributed by atoms with E-state index in [0.717, 1.165) is 11.0 Å². The summed E-state index contributed by atoms with van der Waals surface area (Å²) in [7, 11) is 0. The van der Waals surface area contributed by atoms with Gasteiger partial charge in [0, 0.05) is 26.1 Å². The first-order chi connectivity index (χ1) is 13.4. The van der Waals surface area contributed by atoms with E-state index in [1.54, 1.807) is 4.90 Å². The Kier molecular flexibility index (Phi) is 4.62. The average Bonchev–Trinajstić information content (AvgIpc) is 2.91. The molecule has 9 heteroatoms. The Morgan fingerprint density at radius 1 is 1.04 bits per heavy atom. The molecule has 0 saturated carbocycles. The molecule has 2 N–H and O–H groups in total. The molecule has 0 bridgehead atoms. The number of carbonyl (C=O) groups is 4. The largest absolute Gasteiger partial charge is 0.396 e. The lowest BCUT2D eigenvalue weighted by molar-refractivity contribution is -0.136. The van der Waals surface area contributed by atoms with E-state index in [9.17, 15) is 28.7 Å². The fraction of sp³-hybridized carbons (Fsp3) is 0.474. The maximum atomic E-state index is 14.7. The summed E-state index contributed by atoms with van der Waals surface area (Å²) in [4.78, 5) is 51.6. The summed E-state index contributed by atoms with van der Waals surface area (Å²) >= 11 is 0. The monoisotopic (exact) mass is 389 g/mol. The average molecular weight is 389 g/mol. The molecular formula is C19H20FN3O5. The van der Waals surface area contributed by atoms with Crippen LogP contribution in [0.4, 0.5) is 10.1 Å². The van der Waals surface area contributed by atoms with E-state index in [4.69, 9.17) is 0 Å². The van der Waals surface area contributed by atoms with Crippen LogP contribution in [-0.2, 0) is 9.59 Å². The highest BCUT2D eigenvalue weighted by molar-refractivity contribution is 6.23. The van der Waals surface area contributed by atoms with Crippen LogP contribution >= 0.6 is 0 Å². The van der Waals surface area contributed by atoms with Gasteiger partial charge in [-0.2, -0.15) is 0 Å². The second-order valence-corrected chi connectivity index (χ2v) is 7.41. The van der Waals surface area contributed by atoms with Gasteiger partial charge >= 0.3 is 0 Å². The van der Waals surface area contributed by atoms with Crippen LogP contribution in [0.15, 0.2) is 12.1 Å². The van der Waals surface area contributed by atoms with Crippen molar-refractivity contribution in [2.24, 2.45) is 5.92 Å². The van der Waals surface area contributed by atoms with Crippen LogP contribution in [0.25, 0.3) is 0 Å². The van der Waals surface area contributed by atoms with Gasteiger partial charge in [-0.15, -0.1) is 0 Å². The summed E-state index contributed by atoms with van der Waals surface area (Å²) < 4.78 is 14.7. The van der Waals surface area contributed by atoms with E-state index in [0.29, 0.717) is 25.9 Å². The predicted molar refractivity (Wildman–Crippen MR) is 95.1 cm³/mol. The molecule has 148 valence electrons. The van der Waals surface area contributed by atoms with Crippen LogP contribution < -0.4 is 10.2 Å². The first-order valence-electron chi connectivity index (χ1n) is 9.31. The van der Waals surface area contributed by atoms with Crippen molar-refractivity contribution in [3.05, 3.63) is 29.1 Å². The minimum absolute atomic E-state index is 0.0310. The molecule has 4 amide bonds. The van der Waals surface area contributed by atoms with Crippen molar-refractivity contribution in [2.45, 2.75) is 31.7 Å². The second-order valence-electron chi connectivity index (χ2n) is 7.41. The number of imide groups is 2. The highest BCUT2D eigenvalue weighted by Crippen LogP contribution is 2.34. The molecule has 8 nitrogen and oxygen atoms in total. The van der Waals surface area contributed by atoms with Gasteiger partial charge in [-0.25, -0.2) is 4.39 Å². The number of fused-ring (bicyclic) bond motifs is 1. The van der Waals surface area contributed by atoms with Gasteiger partial charge in [0.2, 0.25) is 11.8 Å². The molecule has 1 aromatic rings. The number of nitrogens with one attached hydrogen (secondary N) is 1. The highest BCUT2D eigenvalue weighted by Gasteiger charge is 2.45. The third kappa shape index (κ3) is 2.95. The highest BCUT2D eigenvalue weighted by atomic mass is 19.1. The molecule has 3 aliphatic rings. The number of benzene rings is 1. The number of nitrogens with zero attached hydrogens (tertiary/aromatic N) is 2. The first-order valence-corrected chi connectivity index (χ1v) is 9.31. The molecule has 1 unspecified atom stereocenters. The van der Waals surface area contributed by atoms with E-state index in [1.165, 1.54) is 6.07 Å². The smallest absolute Gasteiger partial charge is 0.262 e. The van der Waals surface area contributed by atoms with Crippen LogP contribution in [0.1, 0.15) is 46.4 Å². The Bertz CT molecular complexity index is 879. The Hall–Kier alpha value is -2.81. The van der Waals surface area contributed by atoms with Crippen molar-refractivity contribution in [1.29, 1.82) is 0 Å².